The van der Waals surface area contributed by atoms with Crippen molar-refractivity contribution in [3.63, 3.8) is 0 Å². The molecule has 6 nitrogen and oxygen atoms in total. The van der Waals surface area contributed by atoms with Gasteiger partial charge in [-0.05, 0) is 36.6 Å². The fourth-order valence-corrected chi connectivity index (χ4v) is 4.37. The van der Waals surface area contributed by atoms with Crippen LogP contribution in [0.2, 0.25) is 0 Å². The molecule has 0 bridgehead atoms. The molecule has 9 heteroatoms. The molecule has 0 unspecified atom stereocenters. The normalized spacial score (nSPS) is 14.6. The van der Waals surface area contributed by atoms with Gasteiger partial charge in [0.2, 0.25) is 0 Å². The number of nitrogens with zero attached hydrogens (tertiary/aromatic N) is 3. The Kier molecular flexibility index (Phi) is 5.87. The first-order valence-corrected chi connectivity index (χ1v) is 11.0. The number of rotatable bonds is 5. The third-order valence-electron chi connectivity index (χ3n) is 6.15. The van der Waals surface area contributed by atoms with Gasteiger partial charge in [-0.2, -0.15) is 5.10 Å². The zero-order chi connectivity index (χ0) is 23.8. The minimum atomic E-state index is -0.709. The Bertz CT molecular complexity index is 1370. The zero-order valence-electron chi connectivity index (χ0n) is 18.5. The standard InChI is InChI=1S/C25H23F3N4O2/c1-31-12-17(11-29-31)15-2-3-16(22(28)10-15)13-32-14-19(23-20(26)4-5-21(27)24(23)32)25(33)30-18-6-8-34-9-7-18/h2-5,10-12,14,18H,6-9,13H2,1H3,(H,30,33). The second-order valence-corrected chi connectivity index (χ2v) is 8.49. The van der Waals surface area contributed by atoms with E-state index in [-0.39, 0.29) is 34.6 Å². The third-order valence-corrected chi connectivity index (χ3v) is 6.15. The molecule has 1 aliphatic heterocycles. The Balaban J connectivity index is 1.50. The van der Waals surface area contributed by atoms with Gasteiger partial charge in [-0.1, -0.05) is 12.1 Å². The number of hydrogen-bond donors (Lipinski definition) is 1. The highest BCUT2D eigenvalue weighted by Crippen LogP contribution is 2.29. The van der Waals surface area contributed by atoms with E-state index in [1.807, 2.05) is 0 Å². The van der Waals surface area contributed by atoms with Gasteiger partial charge in [-0.25, -0.2) is 13.2 Å². The number of benzene rings is 2. The molecule has 1 amide bonds. The summed E-state index contributed by atoms with van der Waals surface area (Å²) in [7, 11) is 1.77. The average Bonchev–Trinajstić information content (AvgIpc) is 3.43. The molecule has 1 aliphatic rings. The highest BCUT2D eigenvalue weighted by molar-refractivity contribution is 6.07. The summed E-state index contributed by atoms with van der Waals surface area (Å²) in [5.74, 6) is -2.38. The largest absolute Gasteiger partial charge is 0.381 e. The van der Waals surface area contributed by atoms with Gasteiger partial charge in [0.25, 0.3) is 5.91 Å². The number of hydrogen-bond acceptors (Lipinski definition) is 3. The number of ether oxygens (including phenoxy) is 1. The molecule has 1 saturated heterocycles. The van der Waals surface area contributed by atoms with E-state index in [0.29, 0.717) is 31.6 Å². The lowest BCUT2D eigenvalue weighted by atomic mass is 10.1. The Labute approximate surface area is 193 Å². The second-order valence-electron chi connectivity index (χ2n) is 8.49. The van der Waals surface area contributed by atoms with Gasteiger partial charge in [0.15, 0.2) is 0 Å². The number of halogens is 3. The van der Waals surface area contributed by atoms with E-state index in [1.54, 1.807) is 36.3 Å². The van der Waals surface area contributed by atoms with Crippen molar-refractivity contribution in [1.29, 1.82) is 0 Å². The number of nitrogens with one attached hydrogen (secondary N) is 1. The average molecular weight is 468 g/mol. The van der Waals surface area contributed by atoms with Gasteiger partial charge < -0.3 is 14.6 Å². The Hall–Kier alpha value is -3.59. The summed E-state index contributed by atoms with van der Waals surface area (Å²) in [4.78, 5) is 13.0. The van der Waals surface area contributed by atoms with Crippen LogP contribution in [0.3, 0.4) is 0 Å². The van der Waals surface area contributed by atoms with Crippen LogP contribution in [0.5, 0.6) is 0 Å². The van der Waals surface area contributed by atoms with Crippen LogP contribution < -0.4 is 5.32 Å². The molecule has 4 aromatic rings. The maximum Gasteiger partial charge on any atom is 0.253 e. The molecule has 0 aliphatic carbocycles. The minimum Gasteiger partial charge on any atom is -0.381 e. The van der Waals surface area contributed by atoms with E-state index >= 15 is 0 Å². The highest BCUT2D eigenvalue weighted by Gasteiger charge is 2.24. The lowest BCUT2D eigenvalue weighted by Gasteiger charge is -2.22. The van der Waals surface area contributed by atoms with Crippen LogP contribution in [-0.4, -0.2) is 39.5 Å². The molecular formula is C25H23F3N4O2. The van der Waals surface area contributed by atoms with E-state index in [0.717, 1.165) is 17.7 Å². The van der Waals surface area contributed by atoms with Crippen molar-refractivity contribution >= 4 is 16.8 Å². The summed E-state index contributed by atoms with van der Waals surface area (Å²) in [5.41, 5.74) is 1.64. The first-order valence-electron chi connectivity index (χ1n) is 11.0. The lowest BCUT2D eigenvalue weighted by molar-refractivity contribution is 0.0697. The third kappa shape index (κ3) is 4.19. The quantitative estimate of drug-likeness (QED) is 0.472. The van der Waals surface area contributed by atoms with E-state index in [9.17, 15) is 18.0 Å². The Morgan fingerprint density at radius 2 is 1.82 bits per heavy atom. The molecular weight excluding hydrogens is 445 g/mol. The zero-order valence-corrected chi connectivity index (χ0v) is 18.5. The first kappa shape index (κ1) is 22.2. The molecule has 1 fully saturated rings. The summed E-state index contributed by atoms with van der Waals surface area (Å²) >= 11 is 0. The molecule has 0 atom stereocenters. The van der Waals surface area contributed by atoms with Crippen LogP contribution in [0.15, 0.2) is 48.9 Å². The number of carbonyl (C=O) groups excluding carboxylic acids is 1. The number of amides is 1. The maximum atomic E-state index is 15.0. The van der Waals surface area contributed by atoms with Crippen molar-refractivity contribution < 1.29 is 22.7 Å². The van der Waals surface area contributed by atoms with Gasteiger partial charge in [-0.3, -0.25) is 9.48 Å². The van der Waals surface area contributed by atoms with Crippen LogP contribution >= 0.6 is 0 Å². The molecule has 1 N–H and O–H groups in total. The SMILES string of the molecule is Cn1cc(-c2ccc(Cn3cc(C(=O)NC4CCOCC4)c4c(F)ccc(F)c43)c(F)c2)cn1. The Morgan fingerprint density at radius 3 is 2.53 bits per heavy atom. The Morgan fingerprint density at radius 1 is 1.06 bits per heavy atom. The molecule has 2 aromatic heterocycles. The molecule has 34 heavy (non-hydrogen) atoms. The summed E-state index contributed by atoms with van der Waals surface area (Å²) in [6, 6.07) is 6.63. The van der Waals surface area contributed by atoms with Crippen molar-refractivity contribution in [2.75, 3.05) is 13.2 Å². The number of aromatic nitrogens is 3. The van der Waals surface area contributed by atoms with E-state index in [4.69, 9.17) is 4.74 Å². The molecule has 2 aromatic carbocycles. The number of fused-ring (bicyclic) bond motifs is 1. The number of aryl methyl sites for hydroxylation is 1. The van der Waals surface area contributed by atoms with Gasteiger partial charge in [0.1, 0.15) is 17.5 Å². The molecule has 0 spiro atoms. The van der Waals surface area contributed by atoms with E-state index in [1.165, 1.54) is 16.8 Å². The highest BCUT2D eigenvalue weighted by atomic mass is 19.1. The van der Waals surface area contributed by atoms with Crippen LogP contribution in [0.25, 0.3) is 22.0 Å². The fourth-order valence-electron chi connectivity index (χ4n) is 4.37. The monoisotopic (exact) mass is 468 g/mol. The van der Waals surface area contributed by atoms with E-state index in [2.05, 4.69) is 10.4 Å². The van der Waals surface area contributed by atoms with Crippen molar-refractivity contribution in [2.45, 2.75) is 25.4 Å². The summed E-state index contributed by atoms with van der Waals surface area (Å²) in [6.07, 6.45) is 6.09. The van der Waals surface area contributed by atoms with E-state index < -0.39 is 23.4 Å². The summed E-state index contributed by atoms with van der Waals surface area (Å²) in [6.45, 7) is 0.995. The topological polar surface area (TPSA) is 61.1 Å². The first-order chi connectivity index (χ1) is 16.4. The van der Waals surface area contributed by atoms with Gasteiger partial charge in [0.05, 0.1) is 29.2 Å². The van der Waals surface area contributed by atoms with Gasteiger partial charge in [0, 0.05) is 49.8 Å². The lowest BCUT2D eigenvalue weighted by Crippen LogP contribution is -2.38. The maximum absolute atomic E-state index is 15.0. The molecule has 3 heterocycles. The van der Waals surface area contributed by atoms with Crippen molar-refractivity contribution in [2.24, 2.45) is 7.05 Å². The summed E-state index contributed by atoms with van der Waals surface area (Å²) in [5, 5.41) is 6.87. The number of carbonyl (C=O) groups is 1. The van der Waals surface area contributed by atoms with Crippen molar-refractivity contribution in [1.82, 2.24) is 19.7 Å². The predicted molar refractivity (Wildman–Crippen MR) is 121 cm³/mol. The minimum absolute atomic E-state index is 0.0193. The van der Waals surface area contributed by atoms with Crippen LogP contribution in [-0.2, 0) is 18.3 Å². The van der Waals surface area contributed by atoms with Crippen LogP contribution in [0.1, 0.15) is 28.8 Å². The van der Waals surface area contributed by atoms with Crippen LogP contribution in [0, 0.1) is 17.5 Å². The van der Waals surface area contributed by atoms with Crippen LogP contribution in [0.4, 0.5) is 13.2 Å². The van der Waals surface area contributed by atoms with Crippen molar-refractivity contribution in [3.05, 3.63) is 77.5 Å². The smallest absolute Gasteiger partial charge is 0.253 e. The molecule has 0 saturated carbocycles. The van der Waals surface area contributed by atoms with Gasteiger partial charge >= 0.3 is 0 Å². The molecule has 5 rings (SSSR count). The fraction of sp³-hybridized carbons (Fsp3) is 0.280. The molecule has 0 radical (unpaired) electrons. The summed E-state index contributed by atoms with van der Waals surface area (Å²) < 4.78 is 52.9. The van der Waals surface area contributed by atoms with Gasteiger partial charge in [-0.15, -0.1) is 0 Å². The predicted octanol–water partition coefficient (Wildman–Crippen LogP) is 4.42. The second kappa shape index (κ2) is 8.98. The van der Waals surface area contributed by atoms with Crippen molar-refractivity contribution in [3.8, 4) is 11.1 Å². The molecule has 176 valence electrons.